The summed E-state index contributed by atoms with van der Waals surface area (Å²) in [6.45, 7) is 0.178. The van der Waals surface area contributed by atoms with E-state index in [1.165, 1.54) is 49.6 Å². The number of nitrogens with zero attached hydrogens (tertiary/aromatic N) is 1. The fourth-order valence-corrected chi connectivity index (χ4v) is 6.33. The summed E-state index contributed by atoms with van der Waals surface area (Å²) in [6, 6.07) is 21.8. The molecule has 12 heteroatoms. The van der Waals surface area contributed by atoms with Gasteiger partial charge in [0.1, 0.15) is 17.3 Å². The minimum Gasteiger partial charge on any atom is -0.493 e. The Hall–Kier alpha value is -3.70. The van der Waals surface area contributed by atoms with Gasteiger partial charge < -0.3 is 13.7 Å². The molecule has 1 saturated heterocycles. The van der Waals surface area contributed by atoms with Crippen molar-refractivity contribution in [2.45, 2.75) is 4.90 Å². The van der Waals surface area contributed by atoms with Gasteiger partial charge in [0.25, 0.3) is 11.1 Å². The van der Waals surface area contributed by atoms with Crippen LogP contribution in [-0.4, -0.2) is 44.7 Å². The molecule has 4 aromatic rings. The third kappa shape index (κ3) is 6.31. The monoisotopic (exact) mass is 629 g/mol. The van der Waals surface area contributed by atoms with Crippen LogP contribution in [0.3, 0.4) is 0 Å². The van der Waals surface area contributed by atoms with Crippen molar-refractivity contribution in [3.05, 3.63) is 99.4 Å². The smallest absolute Gasteiger partial charge is 0.339 e. The molecule has 0 N–H and O–H groups in total. The summed E-state index contributed by atoms with van der Waals surface area (Å²) >= 11 is 13.0. The second kappa shape index (κ2) is 12.0. The number of imide groups is 1. The molecule has 0 aromatic heterocycles. The maximum absolute atomic E-state index is 13.0. The van der Waals surface area contributed by atoms with Crippen molar-refractivity contribution in [1.82, 2.24) is 4.90 Å². The molecule has 0 aliphatic carbocycles. The molecule has 210 valence electrons. The van der Waals surface area contributed by atoms with Crippen LogP contribution in [0.15, 0.2) is 88.7 Å². The zero-order valence-electron chi connectivity index (χ0n) is 21.4. The topological polar surface area (TPSA) is 99.2 Å². The number of benzene rings is 4. The van der Waals surface area contributed by atoms with Gasteiger partial charge in [-0.05, 0) is 71.3 Å². The highest BCUT2D eigenvalue weighted by Crippen LogP contribution is 2.40. The van der Waals surface area contributed by atoms with E-state index in [1.54, 1.807) is 0 Å². The van der Waals surface area contributed by atoms with Gasteiger partial charge in [-0.2, -0.15) is 8.42 Å². The van der Waals surface area contributed by atoms with E-state index in [4.69, 9.17) is 36.9 Å². The lowest BCUT2D eigenvalue weighted by Gasteiger charge is -2.14. The molecule has 8 nitrogen and oxygen atoms in total. The van der Waals surface area contributed by atoms with Gasteiger partial charge in [0.2, 0.25) is 5.75 Å². The minimum atomic E-state index is -4.24. The molecule has 1 aliphatic rings. The number of thioether (sulfide) groups is 1. The summed E-state index contributed by atoms with van der Waals surface area (Å²) in [6.07, 6.45) is 1.47. The standard InChI is InChI=1S/C29H21Cl2NO7S2/c1-37-25-16-18(15-23(31)27(25)39-41(35,36)21-11-9-20(30)10-12-21)17-26-28(33)32(29(34)40-26)13-14-38-24-8-4-6-19-5-2-3-7-22(19)24/h2-12,15-17H,13-14H2,1H3/b26-17-. The van der Waals surface area contributed by atoms with E-state index in [2.05, 4.69) is 0 Å². The highest BCUT2D eigenvalue weighted by molar-refractivity contribution is 8.18. The van der Waals surface area contributed by atoms with Crippen molar-refractivity contribution in [2.24, 2.45) is 0 Å². The highest BCUT2D eigenvalue weighted by atomic mass is 35.5. The number of hydrogen-bond acceptors (Lipinski definition) is 8. The molecule has 0 atom stereocenters. The zero-order chi connectivity index (χ0) is 29.1. The van der Waals surface area contributed by atoms with Gasteiger partial charge in [0, 0.05) is 10.4 Å². The first kappa shape index (κ1) is 28.8. The van der Waals surface area contributed by atoms with Gasteiger partial charge in [0.05, 0.1) is 23.6 Å². The van der Waals surface area contributed by atoms with Crippen molar-refractivity contribution >= 4 is 73.1 Å². The van der Waals surface area contributed by atoms with Crippen LogP contribution >= 0.6 is 35.0 Å². The Morgan fingerprint density at radius 2 is 1.66 bits per heavy atom. The van der Waals surface area contributed by atoms with Crippen LogP contribution in [0.1, 0.15) is 5.56 Å². The molecule has 5 rings (SSSR count). The van der Waals surface area contributed by atoms with E-state index >= 15 is 0 Å². The van der Waals surface area contributed by atoms with E-state index < -0.39 is 21.3 Å². The molecular weight excluding hydrogens is 609 g/mol. The van der Waals surface area contributed by atoms with Gasteiger partial charge >= 0.3 is 10.1 Å². The van der Waals surface area contributed by atoms with Gasteiger partial charge in [-0.15, -0.1) is 0 Å². The average molecular weight is 631 g/mol. The lowest BCUT2D eigenvalue weighted by Crippen LogP contribution is -2.32. The number of carbonyl (C=O) groups excluding carboxylic acids is 2. The van der Waals surface area contributed by atoms with Crippen LogP contribution in [0.5, 0.6) is 17.2 Å². The van der Waals surface area contributed by atoms with Crippen LogP contribution in [0.2, 0.25) is 10.0 Å². The zero-order valence-corrected chi connectivity index (χ0v) is 24.5. The molecule has 0 radical (unpaired) electrons. The second-order valence-corrected chi connectivity index (χ2v) is 12.1. The van der Waals surface area contributed by atoms with E-state index in [0.717, 1.165) is 27.4 Å². The predicted octanol–water partition coefficient (Wildman–Crippen LogP) is 7.04. The third-order valence-corrected chi connectivity index (χ3v) is 8.72. The number of carbonyl (C=O) groups is 2. The first-order valence-corrected chi connectivity index (χ1v) is 15.1. The number of ether oxygens (including phenoxy) is 2. The Morgan fingerprint density at radius 3 is 2.41 bits per heavy atom. The van der Waals surface area contributed by atoms with Gasteiger partial charge in [-0.3, -0.25) is 14.5 Å². The average Bonchev–Trinajstić information content (AvgIpc) is 3.21. The molecule has 0 unspecified atom stereocenters. The van der Waals surface area contributed by atoms with Gasteiger partial charge in [-0.1, -0.05) is 59.6 Å². The van der Waals surface area contributed by atoms with Crippen molar-refractivity contribution < 1.29 is 31.7 Å². The number of fused-ring (bicyclic) bond motifs is 1. The third-order valence-electron chi connectivity index (χ3n) is 6.04. The number of rotatable bonds is 9. The molecule has 2 amide bonds. The Bertz CT molecular complexity index is 1790. The van der Waals surface area contributed by atoms with Gasteiger partial charge in [-0.25, -0.2) is 0 Å². The number of amides is 2. The van der Waals surface area contributed by atoms with Crippen LogP contribution in [0.25, 0.3) is 16.8 Å². The summed E-state index contributed by atoms with van der Waals surface area (Å²) in [5, 5.41) is 1.81. The molecule has 0 spiro atoms. The molecule has 41 heavy (non-hydrogen) atoms. The fraction of sp³-hybridized carbons (Fsp3) is 0.103. The Labute approximate surface area is 250 Å². The summed E-state index contributed by atoms with van der Waals surface area (Å²) in [7, 11) is -2.92. The second-order valence-electron chi connectivity index (χ2n) is 8.68. The molecule has 1 aliphatic heterocycles. The first-order chi connectivity index (χ1) is 19.7. The summed E-state index contributed by atoms with van der Waals surface area (Å²) < 4.78 is 42.0. The lowest BCUT2D eigenvalue weighted by molar-refractivity contribution is -0.123. The SMILES string of the molecule is COc1cc(/C=C2\SC(=O)N(CCOc3cccc4ccccc34)C2=O)cc(Cl)c1OS(=O)(=O)c1ccc(Cl)cc1. The molecule has 0 bridgehead atoms. The minimum absolute atomic E-state index is 0.0176. The van der Waals surface area contributed by atoms with E-state index in [-0.39, 0.29) is 39.5 Å². The van der Waals surface area contributed by atoms with Crippen molar-refractivity contribution in [1.29, 1.82) is 0 Å². The van der Waals surface area contributed by atoms with Crippen LogP contribution in [-0.2, 0) is 14.9 Å². The van der Waals surface area contributed by atoms with Crippen LogP contribution in [0, 0.1) is 0 Å². The fourth-order valence-electron chi connectivity index (χ4n) is 4.08. The maximum atomic E-state index is 13.0. The number of hydrogen-bond donors (Lipinski definition) is 0. The normalized spacial score (nSPS) is 14.6. The molecular formula is C29H21Cl2NO7S2. The highest BCUT2D eigenvalue weighted by Gasteiger charge is 2.35. The van der Waals surface area contributed by atoms with Crippen molar-refractivity contribution in [2.75, 3.05) is 20.3 Å². The van der Waals surface area contributed by atoms with Crippen LogP contribution < -0.4 is 13.7 Å². The molecule has 4 aromatic carbocycles. The summed E-state index contributed by atoms with van der Waals surface area (Å²) in [5.41, 5.74) is 0.403. The Morgan fingerprint density at radius 1 is 0.927 bits per heavy atom. The largest absolute Gasteiger partial charge is 0.493 e. The van der Waals surface area contributed by atoms with Gasteiger partial charge in [0.15, 0.2) is 5.75 Å². The van der Waals surface area contributed by atoms with E-state index in [0.29, 0.717) is 16.3 Å². The van der Waals surface area contributed by atoms with Crippen LogP contribution in [0.4, 0.5) is 4.79 Å². The lowest BCUT2D eigenvalue weighted by atomic mass is 10.1. The summed E-state index contributed by atoms with van der Waals surface area (Å²) in [4.78, 5) is 26.8. The van der Waals surface area contributed by atoms with Crippen molar-refractivity contribution in [3.8, 4) is 17.2 Å². The quantitative estimate of drug-likeness (QED) is 0.144. The summed E-state index contributed by atoms with van der Waals surface area (Å²) in [5.74, 6) is -0.0288. The number of methoxy groups -OCH3 is 1. The molecule has 0 saturated carbocycles. The van der Waals surface area contributed by atoms with E-state index in [9.17, 15) is 18.0 Å². The predicted molar refractivity (Wildman–Crippen MR) is 159 cm³/mol. The first-order valence-electron chi connectivity index (χ1n) is 12.1. The number of halogens is 2. The molecule has 1 fully saturated rings. The van der Waals surface area contributed by atoms with Crippen molar-refractivity contribution in [3.63, 3.8) is 0 Å². The Kier molecular flexibility index (Phi) is 8.46. The molecule has 1 heterocycles. The van der Waals surface area contributed by atoms with E-state index in [1.807, 2.05) is 42.5 Å². The Balaban J connectivity index is 1.30. The maximum Gasteiger partial charge on any atom is 0.339 e.